The van der Waals surface area contributed by atoms with Gasteiger partial charge in [-0.1, -0.05) is 197 Å². The fraction of sp³-hybridized carbons (Fsp3) is 0.486. The Balaban J connectivity index is 1.64. The van der Waals surface area contributed by atoms with E-state index in [2.05, 4.69) is 125 Å². The molecule has 1 aliphatic rings. The zero-order chi connectivity index (χ0) is 59.6. The van der Waals surface area contributed by atoms with Crippen LogP contribution in [0, 0.1) is 0 Å². The molecule has 0 fully saturated rings. The number of benzene rings is 6. The first-order valence-electron chi connectivity index (χ1n) is 28.7. The molecule has 0 atom stereocenters. The van der Waals surface area contributed by atoms with Gasteiger partial charge in [0.25, 0.3) is 0 Å². The molecule has 0 radical (unpaired) electrons. The minimum Gasteiger partial charge on any atom is -0.507 e. The molecule has 0 aromatic heterocycles. The Morgan fingerprint density at radius 1 is 0.312 bits per heavy atom. The topological polar surface area (TPSA) is 146 Å². The largest absolute Gasteiger partial charge is 0.530 e. The summed E-state index contributed by atoms with van der Waals surface area (Å²) in [5.74, 6) is 0.641. The van der Waals surface area contributed by atoms with E-state index in [0.717, 1.165) is 33.4 Å². The maximum Gasteiger partial charge on any atom is 0.530 e. The van der Waals surface area contributed by atoms with Crippen LogP contribution in [0.3, 0.4) is 0 Å². The predicted molar refractivity (Wildman–Crippen MR) is 327 cm³/mol. The van der Waals surface area contributed by atoms with Gasteiger partial charge < -0.3 is 30.1 Å². The number of aromatic hydroxyl groups is 5. The highest BCUT2D eigenvalue weighted by atomic mass is 31.2. The van der Waals surface area contributed by atoms with Crippen LogP contribution in [0.25, 0.3) is 0 Å². The van der Waals surface area contributed by atoms with Crippen molar-refractivity contribution in [2.75, 3.05) is 13.2 Å². The highest BCUT2D eigenvalue weighted by molar-refractivity contribution is 7.48. The molecule has 6 aromatic carbocycles. The second-order valence-electron chi connectivity index (χ2n) is 28.8. The van der Waals surface area contributed by atoms with E-state index in [1.165, 1.54) is 0 Å². The summed E-state index contributed by atoms with van der Waals surface area (Å²) in [6.45, 7) is 42.1. The average Bonchev–Trinajstić information content (AvgIpc) is 3.30. The lowest BCUT2D eigenvalue weighted by Crippen LogP contribution is -2.16. The molecule has 80 heavy (non-hydrogen) atoms. The van der Waals surface area contributed by atoms with Gasteiger partial charge in [0.05, 0.1) is 13.2 Å². The number of phosphoric acid groups is 1. The van der Waals surface area contributed by atoms with E-state index in [1.807, 2.05) is 72.8 Å². The molecule has 1 aliphatic carbocycles. The molecule has 0 amide bonds. The molecule has 0 saturated heterocycles. The highest BCUT2D eigenvalue weighted by Gasteiger charge is 2.34. The van der Waals surface area contributed by atoms with Gasteiger partial charge >= 0.3 is 7.82 Å². The molecule has 7 rings (SSSR count). The number of phenols is 5. The first kappa shape index (κ1) is 61.9. The van der Waals surface area contributed by atoms with Crippen LogP contribution >= 0.6 is 7.82 Å². The van der Waals surface area contributed by atoms with Crippen LogP contribution in [-0.2, 0) is 84.6 Å². The van der Waals surface area contributed by atoms with Gasteiger partial charge in [-0.15, -0.1) is 0 Å². The smallest absolute Gasteiger partial charge is 0.507 e. The molecule has 0 saturated carbocycles. The summed E-state index contributed by atoms with van der Waals surface area (Å²) >= 11 is 0. The first-order valence-corrected chi connectivity index (χ1v) is 30.2. The SMILES string of the molecule is CCOP(=O)(OCC)Oc1c2cc(C(C)(C)C)cc1Cc1cc(C(C)(C)C)cc(c1O)Cc1cc(C(C)(C)C)cc(c1O)Cc1cc(C(C)(C)C)cc(c1O)Cc1cc(C(C)(C)C)cc(c1O)Cc1cc(C(C)(C)C)cc(c1O)C2. The molecule has 5 N–H and O–H groups in total. The van der Waals surface area contributed by atoms with E-state index >= 15 is 0 Å². The summed E-state index contributed by atoms with van der Waals surface area (Å²) < 4.78 is 33.2. The predicted octanol–water partition coefficient (Wildman–Crippen LogP) is 17.4. The molecule has 0 heterocycles. The molecule has 10 heteroatoms. The van der Waals surface area contributed by atoms with Crippen LogP contribution in [0.2, 0.25) is 0 Å². The lowest BCUT2D eigenvalue weighted by molar-refractivity contribution is 0.167. The van der Waals surface area contributed by atoms with E-state index < -0.39 is 13.2 Å². The molecule has 432 valence electrons. The lowest BCUT2D eigenvalue weighted by Gasteiger charge is -2.28. The standard InChI is InChI=1S/C70H93O9P/c1-21-77-80(76,78-22-2)79-64-51-27-49-37-56(68(12,13)14)35-47(62(49)74)25-45-33-54(66(6,7)8)31-43(60(45)72)23-41-29-53(65(3,4)5)30-42(59(41)71)24-44-32-55(67(9,10)11)34-46(61(44)73)26-48-36-57(69(15,16)17)38-50(63(48)75)28-52(64)40-58(39-51)70(18,19)20/h29-40,71-75H,21-28H2,1-20H3. The van der Waals surface area contributed by atoms with Crippen molar-refractivity contribution in [2.24, 2.45) is 0 Å². The normalized spacial score (nSPS) is 14.2. The fourth-order valence-corrected chi connectivity index (χ4v) is 11.9. The van der Waals surface area contributed by atoms with Crippen LogP contribution in [0.5, 0.6) is 34.5 Å². The van der Waals surface area contributed by atoms with Gasteiger partial charge in [0.2, 0.25) is 0 Å². The zero-order valence-electron chi connectivity index (χ0n) is 51.9. The van der Waals surface area contributed by atoms with Gasteiger partial charge in [-0.05, 0) is 146 Å². The van der Waals surface area contributed by atoms with Gasteiger partial charge in [0, 0.05) is 38.5 Å². The lowest BCUT2D eigenvalue weighted by atomic mass is 9.79. The molecule has 0 aliphatic heterocycles. The van der Waals surface area contributed by atoms with Crippen molar-refractivity contribution in [1.82, 2.24) is 0 Å². The number of hydrogen-bond acceptors (Lipinski definition) is 9. The molecule has 9 nitrogen and oxygen atoms in total. The van der Waals surface area contributed by atoms with Gasteiger partial charge in [-0.3, -0.25) is 9.05 Å². The van der Waals surface area contributed by atoms with Gasteiger partial charge in [0.15, 0.2) is 0 Å². The summed E-state index contributed by atoms with van der Waals surface area (Å²) in [7, 11) is -4.26. The van der Waals surface area contributed by atoms with Crippen LogP contribution in [0.15, 0.2) is 72.8 Å². The Morgan fingerprint density at radius 2 is 0.463 bits per heavy atom. The summed E-state index contributed by atoms with van der Waals surface area (Å²) in [5.41, 5.74) is 11.2. The van der Waals surface area contributed by atoms with Crippen molar-refractivity contribution < 1.29 is 43.7 Å². The van der Waals surface area contributed by atoms with E-state index in [4.69, 9.17) is 13.6 Å². The van der Waals surface area contributed by atoms with Crippen molar-refractivity contribution in [3.63, 3.8) is 0 Å². The van der Waals surface area contributed by atoms with Gasteiger partial charge in [-0.2, -0.15) is 0 Å². The third-order valence-corrected chi connectivity index (χ3v) is 17.4. The monoisotopic (exact) mass is 1110 g/mol. The van der Waals surface area contributed by atoms with E-state index in [1.54, 1.807) is 13.8 Å². The van der Waals surface area contributed by atoms with Crippen molar-refractivity contribution in [1.29, 1.82) is 0 Å². The van der Waals surface area contributed by atoms with Crippen LogP contribution in [0.1, 0.15) is 239 Å². The minimum absolute atomic E-state index is 0.0541. The number of fused-ring (bicyclic) bond motifs is 12. The van der Waals surface area contributed by atoms with Gasteiger partial charge in [-0.25, -0.2) is 4.57 Å². The summed E-state index contributed by atoms with van der Waals surface area (Å²) in [6, 6.07) is 24.4. The van der Waals surface area contributed by atoms with Crippen molar-refractivity contribution in [3.05, 3.63) is 173 Å². The zero-order valence-corrected chi connectivity index (χ0v) is 52.8. The Labute approximate surface area is 479 Å². The Bertz CT molecular complexity index is 3160. The highest BCUT2D eigenvalue weighted by Crippen LogP contribution is 2.53. The van der Waals surface area contributed by atoms with Crippen molar-refractivity contribution >= 4 is 7.82 Å². The maximum absolute atomic E-state index is 14.8. The summed E-state index contributed by atoms with van der Waals surface area (Å²) in [6.07, 6.45) is 1.06. The number of phosphoric ester groups is 1. The third kappa shape index (κ3) is 13.8. The van der Waals surface area contributed by atoms with Crippen molar-refractivity contribution in [2.45, 2.75) is 209 Å². The number of phenolic OH excluding ortho intramolecular Hbond substituents is 5. The molecule has 12 bridgehead atoms. The number of hydrogen-bond donors (Lipinski definition) is 5. The van der Waals surface area contributed by atoms with Crippen LogP contribution in [0.4, 0.5) is 0 Å². The summed E-state index contributed by atoms with van der Waals surface area (Å²) in [4.78, 5) is 0. The molecule has 6 aromatic rings. The maximum atomic E-state index is 14.8. The van der Waals surface area contributed by atoms with E-state index in [9.17, 15) is 30.1 Å². The van der Waals surface area contributed by atoms with Crippen molar-refractivity contribution in [3.8, 4) is 34.5 Å². The average molecular weight is 1110 g/mol. The van der Waals surface area contributed by atoms with Crippen LogP contribution in [-0.4, -0.2) is 38.7 Å². The quantitative estimate of drug-likeness (QED) is 0.103. The van der Waals surface area contributed by atoms with Gasteiger partial charge in [0.1, 0.15) is 34.5 Å². The fourth-order valence-electron chi connectivity index (χ4n) is 10.6. The second-order valence-corrected chi connectivity index (χ2v) is 30.4. The first-order chi connectivity index (χ1) is 36.7. The molecular formula is C70H93O9P. The Morgan fingerprint density at radius 3 is 0.613 bits per heavy atom. The minimum atomic E-state index is -4.26. The Hall–Kier alpha value is -5.73. The Kier molecular flexibility index (Phi) is 17.2. The number of rotatable bonds is 6. The second kappa shape index (κ2) is 22.2. The third-order valence-electron chi connectivity index (χ3n) is 15.8. The van der Waals surface area contributed by atoms with E-state index in [-0.39, 0.29) is 113 Å². The van der Waals surface area contributed by atoms with Crippen LogP contribution < -0.4 is 4.52 Å². The molecule has 0 unspecified atom stereocenters. The molecule has 0 spiro atoms. The molecular weight excluding hydrogens is 1020 g/mol. The summed E-state index contributed by atoms with van der Waals surface area (Å²) in [5, 5.41) is 63.4. The van der Waals surface area contributed by atoms with E-state index in [0.29, 0.717) is 66.8 Å².